The minimum absolute atomic E-state index is 0.240. The maximum absolute atomic E-state index is 13.0. The third kappa shape index (κ3) is 4.07. The second-order valence-electron chi connectivity index (χ2n) is 6.92. The highest BCUT2D eigenvalue weighted by Crippen LogP contribution is 2.23. The van der Waals surface area contributed by atoms with E-state index in [1.165, 1.54) is 17.6 Å². The molecule has 1 aliphatic heterocycles. The van der Waals surface area contributed by atoms with Crippen LogP contribution in [0.4, 0.5) is 10.5 Å². The molecule has 2 aromatic carbocycles. The number of methoxy groups -OCH3 is 1. The molecule has 0 radical (unpaired) electrons. The number of aromatic nitrogens is 1. The van der Waals surface area contributed by atoms with E-state index in [0.29, 0.717) is 24.7 Å². The summed E-state index contributed by atoms with van der Waals surface area (Å²) in [6.45, 7) is 1.09. The van der Waals surface area contributed by atoms with E-state index in [0.717, 1.165) is 10.8 Å². The summed E-state index contributed by atoms with van der Waals surface area (Å²) in [6.07, 6.45) is 1.51. The lowest BCUT2D eigenvalue weighted by molar-refractivity contribution is 0.184. The van der Waals surface area contributed by atoms with Gasteiger partial charge in [0, 0.05) is 32.2 Å². The molecule has 1 saturated heterocycles. The predicted molar refractivity (Wildman–Crippen MR) is 114 cm³/mol. The number of hydrogen-bond acceptors (Lipinski definition) is 5. The molecule has 0 unspecified atom stereocenters. The number of pyridine rings is 1. The van der Waals surface area contributed by atoms with E-state index >= 15 is 0 Å². The van der Waals surface area contributed by atoms with E-state index in [1.807, 2.05) is 30.3 Å². The standard InChI is InChI=1S/C21H22N4O4S/c1-29-20-9-7-18(15-22-20)23-21(26)24-10-12-25(13-11-24)30(27,28)19-8-6-16-4-2-3-5-17(16)14-19/h2-9,14-15H,10-13H2,1H3,(H,23,26). The molecule has 156 valence electrons. The van der Waals surface area contributed by atoms with Gasteiger partial charge in [0.1, 0.15) is 0 Å². The van der Waals surface area contributed by atoms with E-state index in [2.05, 4.69) is 10.3 Å². The summed E-state index contributed by atoms with van der Waals surface area (Å²) in [5.74, 6) is 0.459. The minimum Gasteiger partial charge on any atom is -0.481 e. The van der Waals surface area contributed by atoms with Gasteiger partial charge in [0.15, 0.2) is 0 Å². The second kappa shape index (κ2) is 8.29. The largest absolute Gasteiger partial charge is 0.481 e. The quantitative estimate of drug-likeness (QED) is 0.693. The van der Waals surface area contributed by atoms with Crippen LogP contribution in [0.15, 0.2) is 65.7 Å². The first-order valence-electron chi connectivity index (χ1n) is 9.52. The molecule has 2 amide bonds. The third-order valence-corrected chi connectivity index (χ3v) is 6.98. The fraction of sp³-hybridized carbons (Fsp3) is 0.238. The monoisotopic (exact) mass is 426 g/mol. The van der Waals surface area contributed by atoms with Gasteiger partial charge in [-0.25, -0.2) is 18.2 Å². The number of piperazine rings is 1. The molecule has 3 aromatic rings. The number of amides is 2. The summed E-state index contributed by atoms with van der Waals surface area (Å²) in [5.41, 5.74) is 0.548. The summed E-state index contributed by atoms with van der Waals surface area (Å²) in [6, 6.07) is 15.9. The zero-order valence-electron chi connectivity index (χ0n) is 16.5. The molecule has 0 spiro atoms. The maximum atomic E-state index is 13.0. The van der Waals surface area contributed by atoms with Gasteiger partial charge in [0.05, 0.1) is 23.9 Å². The zero-order valence-corrected chi connectivity index (χ0v) is 17.3. The maximum Gasteiger partial charge on any atom is 0.321 e. The molecule has 1 aromatic heterocycles. The molecule has 9 heteroatoms. The van der Waals surface area contributed by atoms with Crippen LogP contribution in [-0.2, 0) is 10.0 Å². The van der Waals surface area contributed by atoms with Gasteiger partial charge in [-0.3, -0.25) is 0 Å². The molecule has 1 fully saturated rings. The van der Waals surface area contributed by atoms with Crippen LogP contribution in [0.5, 0.6) is 5.88 Å². The number of ether oxygens (including phenoxy) is 1. The Balaban J connectivity index is 1.40. The summed E-state index contributed by atoms with van der Waals surface area (Å²) >= 11 is 0. The van der Waals surface area contributed by atoms with Crippen molar-refractivity contribution in [2.75, 3.05) is 38.6 Å². The van der Waals surface area contributed by atoms with Crippen molar-refractivity contribution in [1.82, 2.24) is 14.2 Å². The van der Waals surface area contributed by atoms with Gasteiger partial charge >= 0.3 is 6.03 Å². The Bertz CT molecular complexity index is 1160. The smallest absolute Gasteiger partial charge is 0.321 e. The highest BCUT2D eigenvalue weighted by atomic mass is 32.2. The zero-order chi connectivity index (χ0) is 21.1. The molecule has 0 aliphatic carbocycles. The highest BCUT2D eigenvalue weighted by Gasteiger charge is 2.30. The highest BCUT2D eigenvalue weighted by molar-refractivity contribution is 7.89. The Morgan fingerprint density at radius 3 is 2.40 bits per heavy atom. The fourth-order valence-corrected chi connectivity index (χ4v) is 4.84. The van der Waals surface area contributed by atoms with Crippen molar-refractivity contribution in [1.29, 1.82) is 0 Å². The van der Waals surface area contributed by atoms with Crippen molar-refractivity contribution in [2.45, 2.75) is 4.90 Å². The lowest BCUT2D eigenvalue weighted by Crippen LogP contribution is -2.51. The van der Waals surface area contributed by atoms with Crippen LogP contribution in [0.2, 0.25) is 0 Å². The molecule has 1 aliphatic rings. The van der Waals surface area contributed by atoms with Gasteiger partial charge < -0.3 is 15.0 Å². The first-order chi connectivity index (χ1) is 14.5. The molecule has 0 bridgehead atoms. The number of nitrogens with zero attached hydrogens (tertiary/aromatic N) is 3. The van der Waals surface area contributed by atoms with Crippen LogP contribution in [-0.4, -0.2) is 61.9 Å². The van der Waals surface area contributed by atoms with Crippen LogP contribution in [0.25, 0.3) is 10.8 Å². The average molecular weight is 426 g/mol. The lowest BCUT2D eigenvalue weighted by atomic mass is 10.1. The minimum atomic E-state index is -3.62. The normalized spacial score (nSPS) is 15.2. The molecule has 1 N–H and O–H groups in total. The van der Waals surface area contributed by atoms with Gasteiger partial charge in [0.25, 0.3) is 0 Å². The van der Waals surface area contributed by atoms with Crippen LogP contribution >= 0.6 is 0 Å². The summed E-state index contributed by atoms with van der Waals surface area (Å²) in [4.78, 5) is 18.4. The van der Waals surface area contributed by atoms with Crippen molar-refractivity contribution in [2.24, 2.45) is 0 Å². The van der Waals surface area contributed by atoms with Crippen LogP contribution in [0.3, 0.4) is 0 Å². The lowest BCUT2D eigenvalue weighted by Gasteiger charge is -2.34. The Kier molecular flexibility index (Phi) is 5.56. The predicted octanol–water partition coefficient (Wildman–Crippen LogP) is 2.78. The van der Waals surface area contributed by atoms with E-state index in [-0.39, 0.29) is 24.0 Å². The van der Waals surface area contributed by atoms with Crippen molar-refractivity contribution >= 4 is 32.5 Å². The number of nitrogens with one attached hydrogen (secondary N) is 1. The summed E-state index contributed by atoms with van der Waals surface area (Å²) < 4.78 is 32.5. The van der Waals surface area contributed by atoms with E-state index in [4.69, 9.17) is 4.74 Å². The van der Waals surface area contributed by atoms with Crippen molar-refractivity contribution in [3.05, 3.63) is 60.8 Å². The average Bonchev–Trinajstić information content (AvgIpc) is 2.79. The molecule has 0 atom stereocenters. The van der Waals surface area contributed by atoms with Gasteiger partial charge in [0.2, 0.25) is 15.9 Å². The van der Waals surface area contributed by atoms with Gasteiger partial charge in [-0.2, -0.15) is 4.31 Å². The molecule has 0 saturated carbocycles. The second-order valence-corrected chi connectivity index (χ2v) is 8.86. The number of carbonyl (C=O) groups is 1. The van der Waals surface area contributed by atoms with Gasteiger partial charge in [-0.1, -0.05) is 30.3 Å². The Morgan fingerprint density at radius 1 is 1.00 bits per heavy atom. The Labute approximate surface area is 175 Å². The van der Waals surface area contributed by atoms with E-state index in [1.54, 1.807) is 29.2 Å². The van der Waals surface area contributed by atoms with Crippen molar-refractivity contribution in [3.8, 4) is 5.88 Å². The van der Waals surface area contributed by atoms with Gasteiger partial charge in [-0.05, 0) is 29.0 Å². The number of rotatable bonds is 4. The van der Waals surface area contributed by atoms with Crippen molar-refractivity contribution < 1.29 is 17.9 Å². The number of hydrogen-bond donors (Lipinski definition) is 1. The number of fused-ring (bicyclic) bond motifs is 1. The number of benzene rings is 2. The van der Waals surface area contributed by atoms with E-state index in [9.17, 15) is 13.2 Å². The van der Waals surface area contributed by atoms with Crippen LogP contribution in [0, 0.1) is 0 Å². The molecule has 8 nitrogen and oxygen atoms in total. The van der Waals surface area contributed by atoms with Crippen LogP contribution in [0.1, 0.15) is 0 Å². The Hall–Kier alpha value is -3.17. The first kappa shape index (κ1) is 20.1. The fourth-order valence-electron chi connectivity index (χ4n) is 3.39. The van der Waals surface area contributed by atoms with Crippen molar-refractivity contribution in [3.63, 3.8) is 0 Å². The molecular weight excluding hydrogens is 404 g/mol. The topological polar surface area (TPSA) is 91.8 Å². The Morgan fingerprint density at radius 2 is 1.73 bits per heavy atom. The number of anilines is 1. The third-order valence-electron chi connectivity index (χ3n) is 5.08. The summed E-state index contributed by atoms with van der Waals surface area (Å²) in [5, 5.41) is 4.64. The summed E-state index contributed by atoms with van der Waals surface area (Å²) in [7, 11) is -2.10. The molecule has 4 rings (SSSR count). The number of sulfonamides is 1. The van der Waals surface area contributed by atoms with Crippen LogP contribution < -0.4 is 10.1 Å². The van der Waals surface area contributed by atoms with E-state index < -0.39 is 10.0 Å². The number of urea groups is 1. The SMILES string of the molecule is COc1ccc(NC(=O)N2CCN(S(=O)(=O)c3ccc4ccccc4c3)CC2)cn1. The molecular formula is C21H22N4O4S. The number of carbonyl (C=O) groups excluding carboxylic acids is 1. The molecule has 2 heterocycles. The molecule has 30 heavy (non-hydrogen) atoms. The first-order valence-corrected chi connectivity index (χ1v) is 11.0. The van der Waals surface area contributed by atoms with Gasteiger partial charge in [-0.15, -0.1) is 0 Å².